The molecule has 1 unspecified atom stereocenters. The molecule has 0 N–H and O–H groups in total. The summed E-state index contributed by atoms with van der Waals surface area (Å²) in [5, 5.41) is 0. The maximum absolute atomic E-state index is 9.22. The lowest BCUT2D eigenvalue weighted by Gasteiger charge is -2.38. The highest BCUT2D eigenvalue weighted by Gasteiger charge is 2.25. The van der Waals surface area contributed by atoms with Crippen molar-refractivity contribution >= 4 is 10.4 Å². The van der Waals surface area contributed by atoms with Crippen LogP contribution < -0.4 is 0 Å². The summed E-state index contributed by atoms with van der Waals surface area (Å²) in [6.07, 6.45) is 27.4. The third-order valence-corrected chi connectivity index (χ3v) is 7.30. The molecule has 0 rings (SSSR count). The molecular formula is C27H59NO4S. The molecule has 0 aromatic rings. The fourth-order valence-corrected chi connectivity index (χ4v) is 4.57. The lowest BCUT2D eigenvalue weighted by Crippen LogP contribution is -2.49. The van der Waals surface area contributed by atoms with Gasteiger partial charge >= 0.3 is 0 Å². The zero-order valence-electron chi connectivity index (χ0n) is 23.2. The van der Waals surface area contributed by atoms with Crippen molar-refractivity contribution in [1.82, 2.24) is 0 Å². The topological polar surface area (TPSA) is 66.4 Å². The second-order valence-corrected chi connectivity index (χ2v) is 11.4. The Bertz CT molecular complexity index is 494. The molecule has 0 saturated carbocycles. The molecule has 0 heterocycles. The van der Waals surface area contributed by atoms with Crippen LogP contribution in [0.5, 0.6) is 0 Å². The summed E-state index contributed by atoms with van der Waals surface area (Å²) in [6.45, 7) is 8.39. The molecule has 6 heteroatoms. The van der Waals surface area contributed by atoms with Crippen molar-refractivity contribution in [2.45, 2.75) is 149 Å². The fraction of sp³-hybridized carbons (Fsp3) is 1.00. The van der Waals surface area contributed by atoms with Crippen molar-refractivity contribution < 1.29 is 21.6 Å². The van der Waals surface area contributed by atoms with E-state index in [1.54, 1.807) is 0 Å². The number of quaternary nitrogens is 1. The van der Waals surface area contributed by atoms with E-state index >= 15 is 0 Å². The molecule has 0 amide bonds. The van der Waals surface area contributed by atoms with E-state index in [1.807, 2.05) is 0 Å². The van der Waals surface area contributed by atoms with Crippen LogP contribution in [0.1, 0.15) is 143 Å². The van der Waals surface area contributed by atoms with Crippen LogP contribution in [0.3, 0.4) is 0 Å². The van der Waals surface area contributed by atoms with E-state index in [1.165, 1.54) is 133 Å². The Hall–Kier alpha value is -0.170. The standard InChI is InChI=1S/C26H56N.CH4O4S/c1-6-9-11-12-13-14-15-16-17-18-19-20-21-23-25-27(4,5)26(8-3)24-22-10-7-2;1-5-6(2,3)4/h26H,6-25H2,1-5H3;1H3,(H,2,3,4)/q+1;/p-1. The first-order valence-corrected chi connectivity index (χ1v) is 15.3. The molecule has 0 fully saturated rings. The van der Waals surface area contributed by atoms with Gasteiger partial charge in [-0.2, -0.15) is 0 Å². The summed E-state index contributed by atoms with van der Waals surface area (Å²) in [6, 6.07) is 0.874. The van der Waals surface area contributed by atoms with Crippen LogP contribution in [0.2, 0.25) is 0 Å². The summed E-state index contributed by atoms with van der Waals surface area (Å²) in [5.74, 6) is 0. The van der Waals surface area contributed by atoms with Gasteiger partial charge in [-0.1, -0.05) is 111 Å². The zero-order valence-corrected chi connectivity index (χ0v) is 24.0. The Morgan fingerprint density at radius 2 is 1.00 bits per heavy atom. The van der Waals surface area contributed by atoms with Gasteiger partial charge in [-0.05, 0) is 32.1 Å². The average molecular weight is 494 g/mol. The van der Waals surface area contributed by atoms with Gasteiger partial charge < -0.3 is 9.04 Å². The minimum absolute atomic E-state index is 0.808. The van der Waals surface area contributed by atoms with E-state index in [-0.39, 0.29) is 0 Å². The Balaban J connectivity index is 0. The SMILES string of the molecule is CCCCCCCCCCCCCCCC[N+](C)(C)C(CC)CCCCC.COS(=O)(=O)[O-]. The highest BCUT2D eigenvalue weighted by Crippen LogP contribution is 2.20. The van der Waals surface area contributed by atoms with Crippen molar-refractivity contribution in [1.29, 1.82) is 0 Å². The molecule has 0 aliphatic heterocycles. The predicted octanol–water partition coefficient (Wildman–Crippen LogP) is 8.00. The van der Waals surface area contributed by atoms with Gasteiger partial charge in [0, 0.05) is 0 Å². The van der Waals surface area contributed by atoms with Crippen molar-refractivity contribution in [3.8, 4) is 0 Å². The number of hydrogen-bond acceptors (Lipinski definition) is 4. The highest BCUT2D eigenvalue weighted by molar-refractivity contribution is 7.80. The van der Waals surface area contributed by atoms with E-state index in [4.69, 9.17) is 0 Å². The second-order valence-electron chi connectivity index (χ2n) is 10.2. The van der Waals surface area contributed by atoms with Crippen LogP contribution in [0, 0.1) is 0 Å². The number of hydrogen-bond donors (Lipinski definition) is 0. The second kappa shape index (κ2) is 23.6. The summed E-state index contributed by atoms with van der Waals surface area (Å²) in [5.41, 5.74) is 0. The molecule has 0 bridgehead atoms. The van der Waals surface area contributed by atoms with Gasteiger partial charge in [-0.15, -0.1) is 0 Å². The van der Waals surface area contributed by atoms with Crippen LogP contribution in [0.25, 0.3) is 0 Å². The molecule has 0 spiro atoms. The zero-order chi connectivity index (χ0) is 25.4. The van der Waals surface area contributed by atoms with Crippen molar-refractivity contribution in [2.75, 3.05) is 27.7 Å². The highest BCUT2D eigenvalue weighted by atomic mass is 32.3. The lowest BCUT2D eigenvalue weighted by molar-refractivity contribution is -0.915. The molecule has 0 aliphatic carbocycles. The van der Waals surface area contributed by atoms with E-state index < -0.39 is 10.4 Å². The molecule has 0 saturated heterocycles. The molecular weight excluding hydrogens is 434 g/mol. The predicted molar refractivity (Wildman–Crippen MR) is 142 cm³/mol. The summed E-state index contributed by atoms with van der Waals surface area (Å²) < 4.78 is 32.3. The summed E-state index contributed by atoms with van der Waals surface area (Å²) in [4.78, 5) is 0. The minimum Gasteiger partial charge on any atom is -0.726 e. The number of rotatable bonds is 22. The van der Waals surface area contributed by atoms with Gasteiger partial charge in [0.15, 0.2) is 0 Å². The molecule has 1 atom stereocenters. The third kappa shape index (κ3) is 26.3. The first-order chi connectivity index (χ1) is 15.6. The van der Waals surface area contributed by atoms with Crippen molar-refractivity contribution in [2.24, 2.45) is 0 Å². The smallest absolute Gasteiger partial charge is 0.217 e. The van der Waals surface area contributed by atoms with Gasteiger partial charge in [0.2, 0.25) is 10.4 Å². The van der Waals surface area contributed by atoms with Crippen molar-refractivity contribution in [3.63, 3.8) is 0 Å². The summed E-state index contributed by atoms with van der Waals surface area (Å²) >= 11 is 0. The van der Waals surface area contributed by atoms with Crippen LogP contribution in [-0.2, 0) is 14.6 Å². The van der Waals surface area contributed by atoms with Gasteiger partial charge in [0.1, 0.15) is 0 Å². The maximum Gasteiger partial charge on any atom is 0.217 e. The monoisotopic (exact) mass is 493 g/mol. The van der Waals surface area contributed by atoms with E-state index in [9.17, 15) is 13.0 Å². The Morgan fingerprint density at radius 3 is 1.33 bits per heavy atom. The number of unbranched alkanes of at least 4 members (excludes halogenated alkanes) is 15. The average Bonchev–Trinajstić information content (AvgIpc) is 2.76. The quantitative estimate of drug-likeness (QED) is 0.0663. The first kappa shape index (κ1) is 35.0. The third-order valence-electron chi connectivity index (χ3n) is 6.89. The fourth-order valence-electron chi connectivity index (χ4n) is 4.57. The van der Waals surface area contributed by atoms with E-state index in [0.717, 1.165) is 13.2 Å². The molecule has 0 aliphatic rings. The molecule has 0 aromatic carbocycles. The molecule has 0 aromatic heterocycles. The van der Waals surface area contributed by atoms with E-state index in [2.05, 4.69) is 39.0 Å². The van der Waals surface area contributed by atoms with Crippen LogP contribution in [0.4, 0.5) is 0 Å². The molecule has 0 radical (unpaired) electrons. The number of nitrogens with zero attached hydrogens (tertiary/aromatic N) is 1. The van der Waals surface area contributed by atoms with Gasteiger partial charge in [0.25, 0.3) is 0 Å². The van der Waals surface area contributed by atoms with E-state index in [0.29, 0.717) is 0 Å². The van der Waals surface area contributed by atoms with Crippen molar-refractivity contribution in [3.05, 3.63) is 0 Å². The van der Waals surface area contributed by atoms with Gasteiger partial charge in [0.05, 0.1) is 33.8 Å². The Kier molecular flexibility index (Phi) is 25.0. The van der Waals surface area contributed by atoms with Gasteiger partial charge in [-0.25, -0.2) is 8.42 Å². The molecule has 33 heavy (non-hydrogen) atoms. The summed E-state index contributed by atoms with van der Waals surface area (Å²) in [7, 11) is 1.34. The largest absolute Gasteiger partial charge is 0.726 e. The Morgan fingerprint density at radius 1 is 0.667 bits per heavy atom. The first-order valence-electron chi connectivity index (χ1n) is 14.0. The lowest BCUT2D eigenvalue weighted by atomic mass is 10.0. The van der Waals surface area contributed by atoms with Gasteiger partial charge in [-0.3, -0.25) is 4.18 Å². The molecule has 5 nitrogen and oxygen atoms in total. The minimum atomic E-state index is -4.41. The van der Waals surface area contributed by atoms with Crippen LogP contribution in [0.15, 0.2) is 0 Å². The maximum atomic E-state index is 9.22. The molecule has 202 valence electrons. The van der Waals surface area contributed by atoms with Crippen LogP contribution >= 0.6 is 0 Å². The normalized spacial score (nSPS) is 12.9. The van der Waals surface area contributed by atoms with Crippen LogP contribution in [-0.4, -0.2) is 51.2 Å². The Labute approximate surface area is 208 Å².